The number of imidazole rings is 1. The number of benzene rings is 1. The van der Waals surface area contributed by atoms with Crippen molar-refractivity contribution in [2.24, 2.45) is 0 Å². The lowest BCUT2D eigenvalue weighted by molar-refractivity contribution is -0.133. The number of carboxylic acids is 1. The Balaban J connectivity index is 2.43. The van der Waals surface area contributed by atoms with Gasteiger partial charge < -0.3 is 5.11 Å². The Bertz CT molecular complexity index is 625. The van der Waals surface area contributed by atoms with E-state index in [0.717, 1.165) is 16.9 Å². The molecule has 1 aromatic carbocycles. The maximum absolute atomic E-state index is 10.7. The van der Waals surface area contributed by atoms with Crippen molar-refractivity contribution in [2.45, 2.75) is 19.0 Å². The Morgan fingerprint density at radius 1 is 1.47 bits per heavy atom. The van der Waals surface area contributed by atoms with Crippen LogP contribution < -0.4 is 0 Å². The molecule has 0 saturated carbocycles. The highest BCUT2D eigenvalue weighted by Gasteiger charge is 2.12. The second-order valence-corrected chi connectivity index (χ2v) is 5.53. The maximum atomic E-state index is 10.7. The second-order valence-electron chi connectivity index (χ2n) is 4.15. The monoisotopic (exact) mass is 296 g/mol. The lowest BCUT2D eigenvalue weighted by Crippen LogP contribution is -2.02. The largest absolute Gasteiger partial charge is 0.481 e. The molecule has 0 bridgehead atoms. The van der Waals surface area contributed by atoms with Crippen molar-refractivity contribution in [1.82, 2.24) is 9.55 Å². The number of hydrogen-bond donors (Lipinski definition) is 1. The first kappa shape index (κ1) is 14.0. The van der Waals surface area contributed by atoms with Crippen LogP contribution in [-0.4, -0.2) is 26.4 Å². The van der Waals surface area contributed by atoms with Crippen molar-refractivity contribution >= 4 is 29.3 Å². The molecule has 1 heterocycles. The number of halogens is 1. The van der Waals surface area contributed by atoms with E-state index in [0.29, 0.717) is 10.2 Å². The van der Waals surface area contributed by atoms with Crippen molar-refractivity contribution < 1.29 is 9.90 Å². The topological polar surface area (TPSA) is 55.1 Å². The normalized spacial score (nSPS) is 10.7. The van der Waals surface area contributed by atoms with Gasteiger partial charge in [0, 0.05) is 11.2 Å². The fourth-order valence-corrected chi connectivity index (χ4v) is 2.64. The Labute approximate surface area is 120 Å². The van der Waals surface area contributed by atoms with Crippen molar-refractivity contribution in [1.29, 1.82) is 0 Å². The minimum Gasteiger partial charge on any atom is -0.481 e. The summed E-state index contributed by atoms with van der Waals surface area (Å²) in [5, 5.41) is 10.1. The molecule has 19 heavy (non-hydrogen) atoms. The van der Waals surface area contributed by atoms with Gasteiger partial charge >= 0.3 is 5.97 Å². The van der Waals surface area contributed by atoms with Gasteiger partial charge in [-0.3, -0.25) is 9.36 Å². The fourth-order valence-electron chi connectivity index (χ4n) is 1.72. The molecule has 1 aromatic heterocycles. The molecule has 0 amide bonds. The average Bonchev–Trinajstić information content (AvgIpc) is 2.71. The van der Waals surface area contributed by atoms with Crippen LogP contribution in [0.4, 0.5) is 0 Å². The van der Waals surface area contributed by atoms with Crippen LogP contribution >= 0.6 is 23.4 Å². The summed E-state index contributed by atoms with van der Waals surface area (Å²) in [6, 6.07) is 5.61. The third-order valence-corrected chi connectivity index (χ3v) is 3.72. The molecule has 6 heteroatoms. The minimum atomic E-state index is -0.861. The van der Waals surface area contributed by atoms with Gasteiger partial charge in [0.05, 0.1) is 17.1 Å². The predicted molar refractivity (Wildman–Crippen MR) is 76.4 cm³/mol. The molecule has 0 unspecified atom stereocenters. The number of aryl methyl sites for hydroxylation is 2. The maximum Gasteiger partial charge on any atom is 0.313 e. The third kappa shape index (κ3) is 3.30. The Hall–Kier alpha value is -1.46. The molecule has 0 saturated heterocycles. The molecular weight excluding hydrogens is 284 g/mol. The summed E-state index contributed by atoms with van der Waals surface area (Å²) in [5.41, 5.74) is 2.81. The van der Waals surface area contributed by atoms with Crippen LogP contribution in [0.5, 0.6) is 0 Å². The Kier molecular flexibility index (Phi) is 4.17. The summed E-state index contributed by atoms with van der Waals surface area (Å²) < 4.78 is 1.88. The molecule has 2 aromatic rings. The fraction of sp³-hybridized carbons (Fsp3) is 0.231. The SMILES string of the molecule is Cc1cn(-c2cc(Cl)ccc2C)c(SCC(=O)O)n1. The number of carbonyl (C=O) groups is 1. The highest BCUT2D eigenvalue weighted by Crippen LogP contribution is 2.26. The summed E-state index contributed by atoms with van der Waals surface area (Å²) in [6.07, 6.45) is 1.88. The van der Waals surface area contributed by atoms with Gasteiger partial charge in [0.15, 0.2) is 5.16 Å². The van der Waals surface area contributed by atoms with Gasteiger partial charge in [0.1, 0.15) is 0 Å². The van der Waals surface area contributed by atoms with Gasteiger partial charge in [0.25, 0.3) is 0 Å². The van der Waals surface area contributed by atoms with Crippen molar-refractivity contribution in [3.05, 3.63) is 40.7 Å². The second kappa shape index (κ2) is 5.67. The number of aliphatic carboxylic acids is 1. The molecule has 0 aliphatic heterocycles. The smallest absolute Gasteiger partial charge is 0.313 e. The summed E-state index contributed by atoms with van der Waals surface area (Å²) >= 11 is 7.21. The zero-order valence-electron chi connectivity index (χ0n) is 10.6. The van der Waals surface area contributed by atoms with Crippen LogP contribution in [0.25, 0.3) is 5.69 Å². The van der Waals surface area contributed by atoms with Crippen LogP contribution in [0.1, 0.15) is 11.3 Å². The van der Waals surface area contributed by atoms with E-state index in [1.54, 1.807) is 0 Å². The molecule has 0 aliphatic rings. The summed E-state index contributed by atoms with van der Waals surface area (Å²) in [4.78, 5) is 15.0. The lowest BCUT2D eigenvalue weighted by atomic mass is 10.2. The molecule has 0 spiro atoms. The van der Waals surface area contributed by atoms with Gasteiger partial charge in [-0.05, 0) is 31.5 Å². The van der Waals surface area contributed by atoms with E-state index in [4.69, 9.17) is 16.7 Å². The lowest BCUT2D eigenvalue weighted by Gasteiger charge is -2.10. The van der Waals surface area contributed by atoms with E-state index < -0.39 is 5.97 Å². The average molecular weight is 297 g/mol. The first-order valence-corrected chi connectivity index (χ1v) is 7.01. The van der Waals surface area contributed by atoms with Gasteiger partial charge in [-0.15, -0.1) is 0 Å². The van der Waals surface area contributed by atoms with Crippen LogP contribution in [0.2, 0.25) is 5.02 Å². The minimum absolute atomic E-state index is 0.0178. The first-order valence-electron chi connectivity index (χ1n) is 5.64. The standard InChI is InChI=1S/C13H13ClN2O2S/c1-8-3-4-10(14)5-11(8)16-6-9(2)15-13(16)19-7-12(17)18/h3-6H,7H2,1-2H3,(H,17,18). The number of hydrogen-bond acceptors (Lipinski definition) is 3. The van der Waals surface area contributed by atoms with Crippen LogP contribution in [-0.2, 0) is 4.79 Å². The number of nitrogens with zero attached hydrogens (tertiary/aromatic N) is 2. The molecule has 4 nitrogen and oxygen atoms in total. The number of thioether (sulfide) groups is 1. The van der Waals surface area contributed by atoms with Crippen LogP contribution in [0.15, 0.2) is 29.6 Å². The Morgan fingerprint density at radius 3 is 2.89 bits per heavy atom. The predicted octanol–water partition coefficient (Wildman–Crippen LogP) is 3.32. The van der Waals surface area contributed by atoms with Gasteiger partial charge in [-0.1, -0.05) is 29.4 Å². The number of carboxylic acid groups (broad SMARTS) is 1. The summed E-state index contributed by atoms with van der Waals surface area (Å²) in [7, 11) is 0. The van der Waals surface area contributed by atoms with Gasteiger partial charge in [-0.25, -0.2) is 4.98 Å². The summed E-state index contributed by atoms with van der Waals surface area (Å²) in [6.45, 7) is 3.86. The molecule has 100 valence electrons. The number of rotatable bonds is 4. The molecule has 0 fully saturated rings. The van der Waals surface area contributed by atoms with E-state index in [2.05, 4.69) is 4.98 Å². The number of aromatic nitrogens is 2. The molecule has 2 rings (SSSR count). The van der Waals surface area contributed by atoms with Crippen molar-refractivity contribution in [2.75, 3.05) is 5.75 Å². The highest BCUT2D eigenvalue weighted by atomic mass is 35.5. The highest BCUT2D eigenvalue weighted by molar-refractivity contribution is 7.99. The van der Waals surface area contributed by atoms with Crippen LogP contribution in [0, 0.1) is 13.8 Å². The zero-order chi connectivity index (χ0) is 14.0. The van der Waals surface area contributed by atoms with Gasteiger partial charge in [-0.2, -0.15) is 0 Å². The van der Waals surface area contributed by atoms with Crippen molar-refractivity contribution in [3.8, 4) is 5.69 Å². The van der Waals surface area contributed by atoms with Gasteiger partial charge in [0.2, 0.25) is 0 Å². The van der Waals surface area contributed by atoms with Crippen molar-refractivity contribution in [3.63, 3.8) is 0 Å². The zero-order valence-corrected chi connectivity index (χ0v) is 12.1. The van der Waals surface area contributed by atoms with Crippen LogP contribution in [0.3, 0.4) is 0 Å². The third-order valence-electron chi connectivity index (χ3n) is 2.55. The molecule has 0 radical (unpaired) electrons. The van der Waals surface area contributed by atoms with E-state index in [1.165, 1.54) is 11.8 Å². The first-order chi connectivity index (χ1) is 8.97. The summed E-state index contributed by atoms with van der Waals surface area (Å²) in [5.74, 6) is -0.879. The molecule has 0 aliphatic carbocycles. The quantitative estimate of drug-likeness (QED) is 0.879. The molecule has 0 atom stereocenters. The molecule has 1 N–H and O–H groups in total. The Morgan fingerprint density at radius 2 is 2.21 bits per heavy atom. The van der Waals surface area contributed by atoms with E-state index in [-0.39, 0.29) is 5.75 Å². The van der Waals surface area contributed by atoms with E-state index >= 15 is 0 Å². The van der Waals surface area contributed by atoms with E-state index in [9.17, 15) is 4.79 Å². The molecular formula is C13H13ClN2O2S. The van der Waals surface area contributed by atoms with E-state index in [1.807, 2.05) is 42.8 Å².